The van der Waals surface area contributed by atoms with Crippen LogP contribution in [0.5, 0.6) is 0 Å². The Morgan fingerprint density at radius 1 is 0.485 bits per heavy atom. The van der Waals surface area contributed by atoms with E-state index in [0.29, 0.717) is 0 Å². The Balaban J connectivity index is 1.30. The van der Waals surface area contributed by atoms with Crippen LogP contribution in [0.4, 0.5) is 11.4 Å². The molecule has 0 aliphatic heterocycles. The van der Waals surface area contributed by atoms with Crippen molar-refractivity contribution >= 4 is 33.3 Å². The maximum absolute atomic E-state index is 6.22. The molecule has 0 saturated carbocycles. The fourth-order valence-electron chi connectivity index (χ4n) is 4.50. The second-order valence-electron chi connectivity index (χ2n) is 8.30. The zero-order valence-electron chi connectivity index (χ0n) is 18.4. The minimum Gasteiger partial charge on any atom is -0.455 e. The third kappa shape index (κ3) is 3.46. The maximum atomic E-state index is 6.22. The molecule has 0 atom stereocenters. The molecule has 0 radical (unpaired) electrons. The monoisotopic (exact) mass is 425 g/mol. The minimum atomic E-state index is 0.926. The van der Waals surface area contributed by atoms with Crippen LogP contribution < -0.4 is 4.90 Å². The van der Waals surface area contributed by atoms with Crippen LogP contribution in [0.3, 0.4) is 0 Å². The molecule has 0 aliphatic carbocycles. The molecule has 0 bridgehead atoms. The molecule has 0 amide bonds. The lowest BCUT2D eigenvalue weighted by molar-refractivity contribution is 0.670. The fraction of sp³-hybridized carbons (Fsp3) is 0.0323. The first-order valence-corrected chi connectivity index (χ1v) is 11.2. The Bertz CT molecular complexity index is 1540. The molecule has 33 heavy (non-hydrogen) atoms. The van der Waals surface area contributed by atoms with E-state index in [4.69, 9.17) is 4.42 Å². The second-order valence-corrected chi connectivity index (χ2v) is 8.30. The molecule has 6 aromatic rings. The smallest absolute Gasteiger partial charge is 0.143 e. The lowest BCUT2D eigenvalue weighted by Gasteiger charge is -2.20. The zero-order valence-corrected chi connectivity index (χ0v) is 18.4. The number of rotatable bonds is 4. The van der Waals surface area contributed by atoms with Crippen molar-refractivity contribution in [1.29, 1.82) is 0 Å². The summed E-state index contributed by atoms with van der Waals surface area (Å²) in [6.45, 7) is 0. The van der Waals surface area contributed by atoms with Crippen LogP contribution in [0.15, 0.2) is 126 Å². The first-order chi connectivity index (χ1) is 16.3. The van der Waals surface area contributed by atoms with E-state index in [1.807, 2.05) is 18.2 Å². The Labute approximate surface area is 193 Å². The summed E-state index contributed by atoms with van der Waals surface area (Å²) in [6, 6.07) is 42.4. The predicted molar refractivity (Wildman–Crippen MR) is 139 cm³/mol. The number of hydrogen-bond donors (Lipinski definition) is 0. The largest absolute Gasteiger partial charge is 0.455 e. The Kier molecular flexibility index (Phi) is 4.70. The fourth-order valence-corrected chi connectivity index (χ4v) is 4.50. The van der Waals surface area contributed by atoms with Gasteiger partial charge in [0.2, 0.25) is 0 Å². The molecule has 1 heterocycles. The molecule has 6 rings (SSSR count). The highest BCUT2D eigenvalue weighted by molar-refractivity contribution is 6.09. The van der Waals surface area contributed by atoms with Crippen molar-refractivity contribution < 1.29 is 4.42 Å². The van der Waals surface area contributed by atoms with E-state index in [1.54, 1.807) is 0 Å². The van der Waals surface area contributed by atoms with E-state index >= 15 is 0 Å². The number of hydrogen-bond acceptors (Lipinski definition) is 2. The summed E-state index contributed by atoms with van der Waals surface area (Å²) in [7, 11) is 2.10. The van der Waals surface area contributed by atoms with Crippen molar-refractivity contribution in [1.82, 2.24) is 0 Å². The Morgan fingerprint density at radius 2 is 1.06 bits per heavy atom. The molecule has 0 spiro atoms. The molecule has 2 heteroatoms. The lowest BCUT2D eigenvalue weighted by atomic mass is 10.0. The van der Waals surface area contributed by atoms with Crippen LogP contribution in [-0.4, -0.2) is 7.05 Å². The molecule has 0 unspecified atom stereocenters. The topological polar surface area (TPSA) is 16.4 Å². The molecule has 1 aromatic heterocycles. The molecule has 2 nitrogen and oxygen atoms in total. The van der Waals surface area contributed by atoms with Crippen LogP contribution in [0, 0.1) is 0 Å². The first-order valence-electron chi connectivity index (χ1n) is 11.2. The summed E-state index contributed by atoms with van der Waals surface area (Å²) in [5.41, 5.74) is 8.88. The summed E-state index contributed by atoms with van der Waals surface area (Å²) in [5, 5.41) is 2.31. The summed E-state index contributed by atoms with van der Waals surface area (Å²) < 4.78 is 6.22. The van der Waals surface area contributed by atoms with Gasteiger partial charge in [-0.3, -0.25) is 0 Å². The van der Waals surface area contributed by atoms with Gasteiger partial charge in [0, 0.05) is 34.8 Å². The molecule has 0 N–H and O–H groups in total. The van der Waals surface area contributed by atoms with E-state index < -0.39 is 0 Å². The van der Waals surface area contributed by atoms with Gasteiger partial charge in [0.25, 0.3) is 0 Å². The van der Waals surface area contributed by atoms with Crippen molar-refractivity contribution in [3.63, 3.8) is 0 Å². The summed E-state index contributed by atoms with van der Waals surface area (Å²) in [4.78, 5) is 2.21. The van der Waals surface area contributed by atoms with E-state index in [-0.39, 0.29) is 0 Å². The third-order valence-electron chi connectivity index (χ3n) is 6.33. The van der Waals surface area contributed by atoms with E-state index in [2.05, 4.69) is 115 Å². The van der Waals surface area contributed by atoms with Gasteiger partial charge < -0.3 is 9.32 Å². The van der Waals surface area contributed by atoms with Crippen molar-refractivity contribution in [3.8, 4) is 22.3 Å². The Hall–Kier alpha value is -4.30. The standard InChI is InChI=1S/C31H23NO/c1-32(25-18-14-23(15-19-25)22-8-3-2-4-9-22)26-20-16-24(17-21-26)27-11-7-12-29-28-10-5-6-13-30(28)33-31(27)29/h2-21H,1H3. The lowest BCUT2D eigenvalue weighted by Crippen LogP contribution is -2.08. The van der Waals surface area contributed by atoms with Gasteiger partial charge in [0.15, 0.2) is 0 Å². The van der Waals surface area contributed by atoms with Gasteiger partial charge in [0.1, 0.15) is 11.2 Å². The van der Waals surface area contributed by atoms with Crippen LogP contribution in [0.25, 0.3) is 44.2 Å². The van der Waals surface area contributed by atoms with Gasteiger partial charge in [-0.2, -0.15) is 0 Å². The number of furan rings is 1. The second kappa shape index (κ2) is 7.99. The molecule has 0 fully saturated rings. The third-order valence-corrected chi connectivity index (χ3v) is 6.33. The van der Waals surface area contributed by atoms with Gasteiger partial charge in [-0.05, 0) is 47.0 Å². The quantitative estimate of drug-likeness (QED) is 0.281. The summed E-state index contributed by atoms with van der Waals surface area (Å²) in [6.07, 6.45) is 0. The van der Waals surface area contributed by atoms with Crippen molar-refractivity contribution in [3.05, 3.63) is 121 Å². The van der Waals surface area contributed by atoms with E-state index in [0.717, 1.165) is 44.4 Å². The number of benzene rings is 5. The van der Waals surface area contributed by atoms with Crippen LogP contribution in [0.1, 0.15) is 0 Å². The summed E-state index contributed by atoms with van der Waals surface area (Å²) in [5.74, 6) is 0. The SMILES string of the molecule is CN(c1ccc(-c2ccccc2)cc1)c1ccc(-c2cccc3c2oc2ccccc23)cc1. The van der Waals surface area contributed by atoms with Crippen LogP contribution in [-0.2, 0) is 0 Å². The summed E-state index contributed by atoms with van der Waals surface area (Å²) >= 11 is 0. The molecule has 0 saturated heterocycles. The zero-order chi connectivity index (χ0) is 22.2. The minimum absolute atomic E-state index is 0.926. The van der Waals surface area contributed by atoms with Crippen molar-refractivity contribution in [2.24, 2.45) is 0 Å². The van der Waals surface area contributed by atoms with Crippen molar-refractivity contribution in [2.75, 3.05) is 11.9 Å². The molecule has 5 aromatic carbocycles. The highest BCUT2D eigenvalue weighted by atomic mass is 16.3. The van der Waals surface area contributed by atoms with Gasteiger partial charge in [-0.25, -0.2) is 0 Å². The van der Waals surface area contributed by atoms with Crippen LogP contribution >= 0.6 is 0 Å². The number of anilines is 2. The highest BCUT2D eigenvalue weighted by Gasteiger charge is 2.12. The van der Waals surface area contributed by atoms with Gasteiger partial charge in [-0.1, -0.05) is 91.0 Å². The highest BCUT2D eigenvalue weighted by Crippen LogP contribution is 2.36. The Morgan fingerprint density at radius 3 is 1.79 bits per heavy atom. The van der Waals surface area contributed by atoms with E-state index in [9.17, 15) is 0 Å². The van der Waals surface area contributed by atoms with Gasteiger partial charge in [-0.15, -0.1) is 0 Å². The number of nitrogens with zero attached hydrogens (tertiary/aromatic N) is 1. The molecule has 0 aliphatic rings. The maximum Gasteiger partial charge on any atom is 0.143 e. The predicted octanol–water partition coefficient (Wildman–Crippen LogP) is 8.69. The average Bonchev–Trinajstić information content (AvgIpc) is 3.28. The molecule has 158 valence electrons. The molecular formula is C31H23NO. The number of fused-ring (bicyclic) bond motifs is 3. The van der Waals surface area contributed by atoms with Gasteiger partial charge in [0.05, 0.1) is 0 Å². The first kappa shape index (κ1) is 19.4. The average molecular weight is 426 g/mol. The molecular weight excluding hydrogens is 402 g/mol. The normalized spacial score (nSPS) is 11.2. The van der Waals surface area contributed by atoms with Gasteiger partial charge >= 0.3 is 0 Å². The van der Waals surface area contributed by atoms with Crippen LogP contribution in [0.2, 0.25) is 0 Å². The number of para-hydroxylation sites is 2. The van der Waals surface area contributed by atoms with Crippen molar-refractivity contribution in [2.45, 2.75) is 0 Å². The van der Waals surface area contributed by atoms with E-state index in [1.165, 1.54) is 11.1 Å².